The average Bonchev–Trinajstić information content (AvgIpc) is 2.98. The number of ether oxygens (including phenoxy) is 1. The smallest absolute Gasteiger partial charge is 0.228 e. The number of nitrogens with zero attached hydrogens (tertiary/aromatic N) is 2. The highest BCUT2D eigenvalue weighted by Crippen LogP contribution is 2.16. The minimum absolute atomic E-state index is 0.415. The second-order valence-corrected chi connectivity index (χ2v) is 4.64. The number of hydrogen-bond donors (Lipinski definition) is 1. The lowest BCUT2D eigenvalue weighted by molar-refractivity contribution is 0.185. The summed E-state index contributed by atoms with van der Waals surface area (Å²) in [5.41, 5.74) is 0. The Morgan fingerprint density at radius 3 is 3.06 bits per heavy atom. The minimum Gasteiger partial charge on any atom is -0.381 e. The van der Waals surface area contributed by atoms with Crippen LogP contribution in [0.1, 0.15) is 31.5 Å². The summed E-state index contributed by atoms with van der Waals surface area (Å²) < 4.78 is 10.6. The van der Waals surface area contributed by atoms with Crippen LogP contribution in [-0.2, 0) is 17.6 Å². The topological polar surface area (TPSA) is 60.2 Å². The van der Waals surface area contributed by atoms with Crippen molar-refractivity contribution in [3.63, 3.8) is 0 Å². The van der Waals surface area contributed by atoms with E-state index in [4.69, 9.17) is 9.26 Å². The molecule has 1 aliphatic heterocycles. The fourth-order valence-electron chi connectivity index (χ4n) is 2.12. The Labute approximate surface area is 102 Å². The summed E-state index contributed by atoms with van der Waals surface area (Å²) in [5.74, 6) is 2.12. The van der Waals surface area contributed by atoms with Crippen molar-refractivity contribution in [2.45, 2.75) is 38.6 Å². The summed E-state index contributed by atoms with van der Waals surface area (Å²) in [4.78, 5) is 4.44. The van der Waals surface area contributed by atoms with E-state index in [1.165, 1.54) is 0 Å². The van der Waals surface area contributed by atoms with Crippen LogP contribution in [0.5, 0.6) is 0 Å². The normalized spacial score (nSPS) is 21.9. The van der Waals surface area contributed by atoms with Gasteiger partial charge in [-0.15, -0.1) is 0 Å². The lowest BCUT2D eigenvalue weighted by Gasteiger charge is -2.09. The number of likely N-dealkylation sites (N-methyl/N-ethyl adjacent to an activating group) is 1. The highest BCUT2D eigenvalue weighted by Gasteiger charge is 2.19. The lowest BCUT2D eigenvalue weighted by Crippen LogP contribution is -2.26. The highest BCUT2D eigenvalue weighted by atomic mass is 16.5. The number of nitrogens with one attached hydrogen (secondary N) is 1. The van der Waals surface area contributed by atoms with Crippen molar-refractivity contribution in [3.05, 3.63) is 11.7 Å². The first-order valence-electron chi connectivity index (χ1n) is 6.38. The number of rotatable bonds is 6. The van der Waals surface area contributed by atoms with Gasteiger partial charge in [0.25, 0.3) is 0 Å². The van der Waals surface area contributed by atoms with E-state index in [1.807, 2.05) is 7.05 Å². The summed E-state index contributed by atoms with van der Waals surface area (Å²) >= 11 is 0. The van der Waals surface area contributed by atoms with Crippen LogP contribution in [0.3, 0.4) is 0 Å². The van der Waals surface area contributed by atoms with Crippen molar-refractivity contribution >= 4 is 0 Å². The van der Waals surface area contributed by atoms with Crippen LogP contribution in [0.4, 0.5) is 0 Å². The van der Waals surface area contributed by atoms with E-state index in [9.17, 15) is 0 Å². The van der Waals surface area contributed by atoms with Gasteiger partial charge in [0.2, 0.25) is 5.89 Å². The zero-order chi connectivity index (χ0) is 12.1. The van der Waals surface area contributed by atoms with Gasteiger partial charge in [-0.2, -0.15) is 4.98 Å². The zero-order valence-electron chi connectivity index (χ0n) is 10.6. The second kappa shape index (κ2) is 6.12. The molecule has 1 aromatic rings. The van der Waals surface area contributed by atoms with E-state index in [2.05, 4.69) is 22.4 Å². The van der Waals surface area contributed by atoms with Crippen LogP contribution in [0.15, 0.2) is 4.52 Å². The van der Waals surface area contributed by atoms with E-state index in [0.717, 1.165) is 50.6 Å². The van der Waals surface area contributed by atoms with E-state index < -0.39 is 0 Å². The van der Waals surface area contributed by atoms with Crippen LogP contribution < -0.4 is 5.32 Å². The number of aromatic nitrogens is 2. The summed E-state index contributed by atoms with van der Waals surface area (Å²) in [6, 6.07) is 0.415. The molecule has 2 heterocycles. The molecule has 2 unspecified atom stereocenters. The minimum atomic E-state index is 0.415. The summed E-state index contributed by atoms with van der Waals surface area (Å²) in [5, 5.41) is 7.27. The van der Waals surface area contributed by atoms with Gasteiger partial charge >= 0.3 is 0 Å². The molecular weight excluding hydrogens is 218 g/mol. The van der Waals surface area contributed by atoms with Gasteiger partial charge in [0, 0.05) is 32.1 Å². The van der Waals surface area contributed by atoms with Crippen LogP contribution in [0.2, 0.25) is 0 Å². The molecule has 0 saturated carbocycles. The summed E-state index contributed by atoms with van der Waals surface area (Å²) in [6.45, 7) is 3.85. The first-order valence-corrected chi connectivity index (χ1v) is 6.38. The molecule has 0 bridgehead atoms. The van der Waals surface area contributed by atoms with Gasteiger partial charge in [0.15, 0.2) is 5.82 Å². The molecule has 0 amide bonds. The predicted octanol–water partition coefficient (Wildman–Crippen LogP) is 1.19. The Hall–Kier alpha value is -0.940. The van der Waals surface area contributed by atoms with E-state index in [1.54, 1.807) is 0 Å². The van der Waals surface area contributed by atoms with Crippen LogP contribution in [-0.4, -0.2) is 36.4 Å². The van der Waals surface area contributed by atoms with Crippen LogP contribution >= 0.6 is 0 Å². The maximum Gasteiger partial charge on any atom is 0.228 e. The van der Waals surface area contributed by atoms with E-state index >= 15 is 0 Å². The van der Waals surface area contributed by atoms with Crippen molar-refractivity contribution in [2.75, 3.05) is 20.3 Å². The zero-order valence-corrected chi connectivity index (χ0v) is 10.6. The Morgan fingerprint density at radius 2 is 2.41 bits per heavy atom. The molecular formula is C12H21N3O2. The first kappa shape index (κ1) is 12.5. The molecule has 1 aliphatic rings. The molecule has 96 valence electrons. The van der Waals surface area contributed by atoms with Crippen molar-refractivity contribution < 1.29 is 9.26 Å². The summed E-state index contributed by atoms with van der Waals surface area (Å²) in [6.07, 6.45) is 3.85. The van der Waals surface area contributed by atoms with E-state index in [-0.39, 0.29) is 0 Å². The average molecular weight is 239 g/mol. The first-order chi connectivity index (χ1) is 8.31. The Morgan fingerprint density at radius 1 is 1.53 bits per heavy atom. The third kappa shape index (κ3) is 3.51. The Bertz CT molecular complexity index is 312. The highest BCUT2D eigenvalue weighted by molar-refractivity contribution is 4.91. The fourth-order valence-corrected chi connectivity index (χ4v) is 2.12. The van der Waals surface area contributed by atoms with Gasteiger partial charge in [-0.3, -0.25) is 0 Å². The maximum atomic E-state index is 5.34. The molecule has 0 aliphatic carbocycles. The molecule has 0 aromatic carbocycles. The van der Waals surface area contributed by atoms with E-state index in [0.29, 0.717) is 12.0 Å². The lowest BCUT2D eigenvalue weighted by atomic mass is 10.1. The third-order valence-electron chi connectivity index (χ3n) is 3.33. The SMILES string of the molecule is CCC(Cc1nc(CC2CCOC2)no1)NC. The van der Waals surface area contributed by atoms with Gasteiger partial charge in [-0.1, -0.05) is 12.1 Å². The quantitative estimate of drug-likeness (QED) is 0.808. The standard InChI is InChI=1S/C12H21N3O2/c1-3-10(13-2)7-12-14-11(15-17-12)6-9-4-5-16-8-9/h9-10,13H,3-8H2,1-2H3. The largest absolute Gasteiger partial charge is 0.381 e. The molecule has 5 nitrogen and oxygen atoms in total. The summed E-state index contributed by atoms with van der Waals surface area (Å²) in [7, 11) is 1.96. The third-order valence-corrected chi connectivity index (χ3v) is 3.33. The molecule has 1 saturated heterocycles. The van der Waals surface area contributed by atoms with Gasteiger partial charge in [-0.25, -0.2) is 0 Å². The van der Waals surface area contributed by atoms with Crippen molar-refractivity contribution in [1.29, 1.82) is 0 Å². The maximum absolute atomic E-state index is 5.34. The van der Waals surface area contributed by atoms with Gasteiger partial charge in [-0.05, 0) is 25.8 Å². The molecule has 17 heavy (non-hydrogen) atoms. The fraction of sp³-hybridized carbons (Fsp3) is 0.833. The van der Waals surface area contributed by atoms with Crippen LogP contribution in [0, 0.1) is 5.92 Å². The predicted molar refractivity (Wildman–Crippen MR) is 63.8 cm³/mol. The molecule has 1 fully saturated rings. The second-order valence-electron chi connectivity index (χ2n) is 4.64. The molecule has 2 rings (SSSR count). The van der Waals surface area contributed by atoms with Crippen molar-refractivity contribution in [2.24, 2.45) is 5.92 Å². The molecule has 2 atom stereocenters. The monoisotopic (exact) mass is 239 g/mol. The van der Waals surface area contributed by atoms with Gasteiger partial charge in [0.1, 0.15) is 0 Å². The van der Waals surface area contributed by atoms with Gasteiger partial charge in [0.05, 0.1) is 0 Å². The molecule has 0 radical (unpaired) electrons. The Balaban J connectivity index is 1.86. The Kier molecular flexibility index (Phi) is 4.50. The van der Waals surface area contributed by atoms with Gasteiger partial charge < -0.3 is 14.6 Å². The molecule has 5 heteroatoms. The molecule has 0 spiro atoms. The van der Waals surface area contributed by atoms with Crippen LogP contribution in [0.25, 0.3) is 0 Å². The van der Waals surface area contributed by atoms with Crippen molar-refractivity contribution in [1.82, 2.24) is 15.5 Å². The molecule has 1 N–H and O–H groups in total. The van der Waals surface area contributed by atoms with Crippen molar-refractivity contribution in [3.8, 4) is 0 Å². The number of hydrogen-bond acceptors (Lipinski definition) is 5. The molecule has 1 aromatic heterocycles.